The van der Waals surface area contributed by atoms with Crippen LogP contribution in [0.3, 0.4) is 0 Å². The standard InChI is InChI=1S/C8H15N3S/c1-6(2)7(3)4-11-5-9-10-8(11)12/h5-7H,4H2,1-3H3,(H,10,12). The van der Waals surface area contributed by atoms with Crippen LogP contribution in [0.15, 0.2) is 6.33 Å². The Balaban J connectivity index is 2.64. The number of H-pyrrole nitrogens is 1. The number of aromatic amines is 1. The van der Waals surface area contributed by atoms with Crippen LogP contribution in [-0.4, -0.2) is 14.8 Å². The maximum atomic E-state index is 5.04. The Morgan fingerprint density at radius 1 is 1.58 bits per heavy atom. The average molecular weight is 185 g/mol. The lowest BCUT2D eigenvalue weighted by atomic mass is 9.98. The first-order valence-corrected chi connectivity index (χ1v) is 4.62. The monoisotopic (exact) mass is 185 g/mol. The van der Waals surface area contributed by atoms with E-state index in [-0.39, 0.29) is 0 Å². The summed E-state index contributed by atoms with van der Waals surface area (Å²) in [7, 11) is 0. The largest absolute Gasteiger partial charge is 0.306 e. The molecule has 1 atom stereocenters. The van der Waals surface area contributed by atoms with Crippen LogP contribution in [0.4, 0.5) is 0 Å². The van der Waals surface area contributed by atoms with Crippen LogP contribution in [0.2, 0.25) is 0 Å². The van der Waals surface area contributed by atoms with E-state index in [4.69, 9.17) is 12.2 Å². The lowest BCUT2D eigenvalue weighted by Crippen LogP contribution is -2.12. The third-order valence-electron chi connectivity index (χ3n) is 2.24. The molecule has 3 nitrogen and oxygen atoms in total. The highest BCUT2D eigenvalue weighted by Crippen LogP contribution is 2.11. The molecule has 1 aromatic heterocycles. The Hall–Kier alpha value is -0.640. The molecule has 0 aliphatic rings. The molecule has 0 radical (unpaired) electrons. The SMILES string of the molecule is CC(C)C(C)Cn1cn[nH]c1=S. The van der Waals surface area contributed by atoms with Gasteiger partial charge in [0.15, 0.2) is 4.77 Å². The van der Waals surface area contributed by atoms with Gasteiger partial charge in [0.25, 0.3) is 0 Å². The predicted molar refractivity (Wildman–Crippen MR) is 51.4 cm³/mol. The zero-order valence-corrected chi connectivity index (χ0v) is 8.56. The molecule has 1 heterocycles. The van der Waals surface area contributed by atoms with Crippen molar-refractivity contribution in [2.24, 2.45) is 11.8 Å². The Kier molecular flexibility index (Phi) is 3.03. The molecule has 0 aliphatic heterocycles. The molecule has 1 N–H and O–H groups in total. The minimum atomic E-state index is 0.634. The van der Waals surface area contributed by atoms with Crippen molar-refractivity contribution in [3.05, 3.63) is 11.1 Å². The zero-order valence-electron chi connectivity index (χ0n) is 7.74. The van der Waals surface area contributed by atoms with E-state index in [0.717, 1.165) is 6.54 Å². The first kappa shape index (κ1) is 9.45. The molecule has 4 heteroatoms. The van der Waals surface area contributed by atoms with Crippen molar-refractivity contribution in [3.8, 4) is 0 Å². The van der Waals surface area contributed by atoms with Crippen LogP contribution >= 0.6 is 12.2 Å². The fraction of sp³-hybridized carbons (Fsp3) is 0.750. The highest BCUT2D eigenvalue weighted by Gasteiger charge is 2.07. The van der Waals surface area contributed by atoms with E-state index >= 15 is 0 Å². The van der Waals surface area contributed by atoms with Crippen LogP contribution in [0.5, 0.6) is 0 Å². The Bertz CT molecular complexity index is 286. The molecular formula is C8H15N3S. The van der Waals surface area contributed by atoms with Crippen molar-refractivity contribution >= 4 is 12.2 Å². The fourth-order valence-electron chi connectivity index (χ4n) is 0.922. The summed E-state index contributed by atoms with van der Waals surface area (Å²) in [5.74, 6) is 1.32. The molecule has 1 unspecified atom stereocenters. The van der Waals surface area contributed by atoms with E-state index in [1.807, 2.05) is 4.57 Å². The van der Waals surface area contributed by atoms with Gasteiger partial charge in [-0.1, -0.05) is 20.8 Å². The number of hydrogen-bond acceptors (Lipinski definition) is 2. The molecule has 0 bridgehead atoms. The van der Waals surface area contributed by atoms with Crippen molar-refractivity contribution in [1.29, 1.82) is 0 Å². The Morgan fingerprint density at radius 3 is 2.67 bits per heavy atom. The van der Waals surface area contributed by atoms with Gasteiger partial charge in [-0.25, -0.2) is 0 Å². The predicted octanol–water partition coefficient (Wildman–Crippen LogP) is 2.23. The number of nitrogens with zero attached hydrogens (tertiary/aromatic N) is 2. The summed E-state index contributed by atoms with van der Waals surface area (Å²) in [6.45, 7) is 7.61. The quantitative estimate of drug-likeness (QED) is 0.733. The van der Waals surface area contributed by atoms with Crippen LogP contribution in [0, 0.1) is 16.6 Å². The van der Waals surface area contributed by atoms with Gasteiger partial charge in [0, 0.05) is 6.54 Å². The van der Waals surface area contributed by atoms with Crippen molar-refractivity contribution in [3.63, 3.8) is 0 Å². The maximum absolute atomic E-state index is 5.04. The summed E-state index contributed by atoms with van der Waals surface area (Å²) in [5, 5.41) is 6.61. The number of aromatic nitrogens is 3. The van der Waals surface area contributed by atoms with Crippen LogP contribution < -0.4 is 0 Å². The molecule has 0 aliphatic carbocycles. The third kappa shape index (κ3) is 2.17. The lowest BCUT2D eigenvalue weighted by molar-refractivity contribution is 0.363. The lowest BCUT2D eigenvalue weighted by Gasteiger charge is -2.14. The van der Waals surface area contributed by atoms with Gasteiger partial charge in [0.1, 0.15) is 6.33 Å². The van der Waals surface area contributed by atoms with Gasteiger partial charge < -0.3 is 4.57 Å². The van der Waals surface area contributed by atoms with Gasteiger partial charge in [-0.05, 0) is 24.1 Å². The summed E-state index contributed by atoms with van der Waals surface area (Å²) in [6, 6.07) is 0. The number of hydrogen-bond donors (Lipinski definition) is 1. The van der Waals surface area contributed by atoms with Crippen molar-refractivity contribution in [1.82, 2.24) is 14.8 Å². The van der Waals surface area contributed by atoms with Gasteiger partial charge in [-0.2, -0.15) is 5.10 Å². The van der Waals surface area contributed by atoms with E-state index in [9.17, 15) is 0 Å². The summed E-state index contributed by atoms with van der Waals surface area (Å²) >= 11 is 5.04. The molecule has 12 heavy (non-hydrogen) atoms. The average Bonchev–Trinajstić information content (AvgIpc) is 2.36. The zero-order chi connectivity index (χ0) is 9.14. The van der Waals surface area contributed by atoms with Gasteiger partial charge >= 0.3 is 0 Å². The van der Waals surface area contributed by atoms with E-state index in [0.29, 0.717) is 16.6 Å². The maximum Gasteiger partial charge on any atom is 0.194 e. The molecule has 0 amide bonds. The second-order valence-electron chi connectivity index (χ2n) is 3.54. The van der Waals surface area contributed by atoms with E-state index in [2.05, 4.69) is 31.0 Å². The summed E-state index contributed by atoms with van der Waals surface area (Å²) in [4.78, 5) is 0. The Labute approximate surface area is 77.8 Å². The molecule has 0 aromatic carbocycles. The molecule has 1 aromatic rings. The molecule has 1 rings (SSSR count). The first-order valence-electron chi connectivity index (χ1n) is 4.21. The highest BCUT2D eigenvalue weighted by molar-refractivity contribution is 7.71. The molecule has 0 spiro atoms. The normalized spacial score (nSPS) is 13.7. The number of rotatable bonds is 3. The van der Waals surface area contributed by atoms with E-state index < -0.39 is 0 Å². The molecule has 68 valence electrons. The first-order chi connectivity index (χ1) is 5.61. The molecule has 0 saturated carbocycles. The molecule has 0 fully saturated rings. The Morgan fingerprint density at radius 2 is 2.25 bits per heavy atom. The summed E-state index contributed by atoms with van der Waals surface area (Å²) in [5.41, 5.74) is 0. The number of nitrogens with one attached hydrogen (secondary N) is 1. The molecular weight excluding hydrogens is 170 g/mol. The summed E-state index contributed by atoms with van der Waals surface area (Å²) in [6.07, 6.45) is 1.75. The second kappa shape index (κ2) is 3.85. The van der Waals surface area contributed by atoms with Crippen molar-refractivity contribution < 1.29 is 0 Å². The van der Waals surface area contributed by atoms with Crippen LogP contribution in [0.1, 0.15) is 20.8 Å². The van der Waals surface area contributed by atoms with Crippen molar-refractivity contribution in [2.45, 2.75) is 27.3 Å². The van der Waals surface area contributed by atoms with E-state index in [1.165, 1.54) is 0 Å². The summed E-state index contributed by atoms with van der Waals surface area (Å²) < 4.78 is 2.68. The molecule has 0 saturated heterocycles. The van der Waals surface area contributed by atoms with E-state index in [1.54, 1.807) is 6.33 Å². The van der Waals surface area contributed by atoms with Crippen molar-refractivity contribution in [2.75, 3.05) is 0 Å². The van der Waals surface area contributed by atoms with Gasteiger partial charge in [-0.15, -0.1) is 0 Å². The van der Waals surface area contributed by atoms with Crippen LogP contribution in [0.25, 0.3) is 0 Å². The minimum absolute atomic E-state index is 0.634. The highest BCUT2D eigenvalue weighted by atomic mass is 32.1. The smallest absolute Gasteiger partial charge is 0.194 e. The van der Waals surface area contributed by atoms with Gasteiger partial charge in [-0.3, -0.25) is 5.10 Å². The minimum Gasteiger partial charge on any atom is -0.306 e. The fourth-order valence-corrected chi connectivity index (χ4v) is 1.10. The van der Waals surface area contributed by atoms with Crippen LogP contribution in [-0.2, 0) is 6.54 Å². The second-order valence-corrected chi connectivity index (χ2v) is 3.92. The van der Waals surface area contributed by atoms with Gasteiger partial charge in [0.2, 0.25) is 0 Å². The van der Waals surface area contributed by atoms with Gasteiger partial charge in [0.05, 0.1) is 0 Å². The topological polar surface area (TPSA) is 33.6 Å². The third-order valence-corrected chi connectivity index (χ3v) is 2.57.